The van der Waals surface area contributed by atoms with Crippen molar-refractivity contribution in [2.75, 3.05) is 19.3 Å². The molecule has 1 amide bonds. The Kier molecular flexibility index (Phi) is 5.72. The molecule has 5 nitrogen and oxygen atoms in total. The number of rotatable bonds is 4. The third kappa shape index (κ3) is 5.15. The standard InChI is InChI=1S/C15H18F4N2O3S/c1-25(23,24)21-6-2-3-11(9-21)14(22)20-8-10-4-5-12(16)7-13(10)15(17,18)19/h4-5,7,11H,2-3,6,8-9H2,1H3,(H,20,22)/t11-/m1/s1. The van der Waals surface area contributed by atoms with E-state index in [-0.39, 0.29) is 12.1 Å². The lowest BCUT2D eigenvalue weighted by atomic mass is 9.98. The summed E-state index contributed by atoms with van der Waals surface area (Å²) in [6, 6.07) is 2.25. The molecular weight excluding hydrogens is 364 g/mol. The van der Waals surface area contributed by atoms with Gasteiger partial charge in [0.15, 0.2) is 0 Å². The Hall–Kier alpha value is -1.68. The lowest BCUT2D eigenvalue weighted by Gasteiger charge is -2.30. The summed E-state index contributed by atoms with van der Waals surface area (Å²) in [5, 5.41) is 2.39. The predicted molar refractivity (Wildman–Crippen MR) is 82.4 cm³/mol. The summed E-state index contributed by atoms with van der Waals surface area (Å²) < 4.78 is 76.2. The highest BCUT2D eigenvalue weighted by molar-refractivity contribution is 7.88. The van der Waals surface area contributed by atoms with E-state index in [9.17, 15) is 30.8 Å². The number of nitrogens with one attached hydrogen (secondary N) is 1. The zero-order chi connectivity index (χ0) is 18.8. The van der Waals surface area contributed by atoms with Gasteiger partial charge in [-0.05, 0) is 30.5 Å². The molecule has 0 spiro atoms. The van der Waals surface area contributed by atoms with Crippen LogP contribution in [-0.4, -0.2) is 38.0 Å². The predicted octanol–water partition coefficient (Wildman–Crippen LogP) is 2.13. The zero-order valence-electron chi connectivity index (χ0n) is 13.4. The average molecular weight is 382 g/mol. The highest BCUT2D eigenvalue weighted by atomic mass is 32.2. The van der Waals surface area contributed by atoms with Gasteiger partial charge in [-0.1, -0.05) is 6.07 Å². The summed E-state index contributed by atoms with van der Waals surface area (Å²) >= 11 is 0. The van der Waals surface area contributed by atoms with Gasteiger partial charge < -0.3 is 5.32 Å². The smallest absolute Gasteiger partial charge is 0.352 e. The molecule has 0 aromatic heterocycles. The molecule has 1 aliphatic rings. The van der Waals surface area contributed by atoms with Crippen LogP contribution in [0.3, 0.4) is 0 Å². The lowest BCUT2D eigenvalue weighted by molar-refractivity contribution is -0.138. The molecule has 0 saturated carbocycles. The molecule has 1 heterocycles. The molecule has 10 heteroatoms. The van der Waals surface area contributed by atoms with Gasteiger partial charge in [0.25, 0.3) is 0 Å². The molecule has 0 unspecified atom stereocenters. The van der Waals surface area contributed by atoms with Gasteiger partial charge in [0, 0.05) is 19.6 Å². The Bertz CT molecular complexity index is 750. The van der Waals surface area contributed by atoms with Gasteiger partial charge in [0.05, 0.1) is 17.7 Å². The van der Waals surface area contributed by atoms with Gasteiger partial charge in [-0.25, -0.2) is 17.1 Å². The highest BCUT2D eigenvalue weighted by Gasteiger charge is 2.34. The first-order chi connectivity index (χ1) is 11.5. The van der Waals surface area contributed by atoms with Crippen molar-refractivity contribution in [1.29, 1.82) is 0 Å². The minimum absolute atomic E-state index is 0.000211. The van der Waals surface area contributed by atoms with Crippen LogP contribution in [0, 0.1) is 11.7 Å². The number of benzene rings is 1. The number of alkyl halides is 3. The first-order valence-corrected chi connectivity index (χ1v) is 9.42. The number of hydrogen-bond acceptors (Lipinski definition) is 3. The summed E-state index contributed by atoms with van der Waals surface area (Å²) in [5.74, 6) is -2.16. The Morgan fingerprint density at radius 1 is 1.36 bits per heavy atom. The van der Waals surface area contributed by atoms with Gasteiger partial charge in [-0.2, -0.15) is 13.2 Å². The van der Waals surface area contributed by atoms with Gasteiger partial charge >= 0.3 is 6.18 Å². The second kappa shape index (κ2) is 7.28. The number of sulfonamides is 1. The van der Waals surface area contributed by atoms with E-state index in [1.807, 2.05) is 0 Å². The monoisotopic (exact) mass is 382 g/mol. The molecule has 1 atom stereocenters. The van der Waals surface area contributed by atoms with E-state index >= 15 is 0 Å². The Morgan fingerprint density at radius 2 is 2.04 bits per heavy atom. The van der Waals surface area contributed by atoms with Gasteiger partial charge in [0.1, 0.15) is 5.82 Å². The fraction of sp³-hybridized carbons (Fsp3) is 0.533. The number of piperidine rings is 1. The number of hydrogen-bond donors (Lipinski definition) is 1. The van der Waals surface area contributed by atoms with Crippen molar-refractivity contribution in [2.24, 2.45) is 5.92 Å². The van der Waals surface area contributed by atoms with Crippen molar-refractivity contribution in [3.8, 4) is 0 Å². The maximum absolute atomic E-state index is 13.1. The second-order valence-electron chi connectivity index (χ2n) is 5.98. The van der Waals surface area contributed by atoms with Crippen LogP contribution in [0.2, 0.25) is 0 Å². The number of amides is 1. The molecule has 1 aliphatic heterocycles. The number of carbonyl (C=O) groups excluding carboxylic acids is 1. The SMILES string of the molecule is CS(=O)(=O)N1CCC[C@@H](C(=O)NCc2ccc(F)cc2C(F)(F)F)C1. The Balaban J connectivity index is 2.05. The zero-order valence-corrected chi connectivity index (χ0v) is 14.3. The van der Waals surface area contributed by atoms with E-state index < -0.39 is 46.0 Å². The van der Waals surface area contributed by atoms with Crippen LogP contribution >= 0.6 is 0 Å². The van der Waals surface area contributed by atoms with Crippen LogP contribution < -0.4 is 5.32 Å². The second-order valence-corrected chi connectivity index (χ2v) is 7.96. The van der Waals surface area contributed by atoms with Crippen molar-refractivity contribution in [2.45, 2.75) is 25.6 Å². The molecule has 0 radical (unpaired) electrons. The van der Waals surface area contributed by atoms with Crippen molar-refractivity contribution < 1.29 is 30.8 Å². The van der Waals surface area contributed by atoms with Crippen molar-refractivity contribution in [3.63, 3.8) is 0 Å². The van der Waals surface area contributed by atoms with Crippen LogP contribution in [-0.2, 0) is 27.5 Å². The summed E-state index contributed by atoms with van der Waals surface area (Å²) in [6.45, 7) is -0.0949. The van der Waals surface area contributed by atoms with Crippen LogP contribution in [0.5, 0.6) is 0 Å². The van der Waals surface area contributed by atoms with E-state index in [2.05, 4.69) is 5.32 Å². The molecule has 140 valence electrons. The quantitative estimate of drug-likeness (QED) is 0.812. The normalized spacial score (nSPS) is 19.6. The topological polar surface area (TPSA) is 66.5 Å². The lowest BCUT2D eigenvalue weighted by Crippen LogP contribution is -2.45. The number of nitrogens with zero attached hydrogens (tertiary/aromatic N) is 1. The van der Waals surface area contributed by atoms with E-state index in [4.69, 9.17) is 0 Å². The molecule has 1 fully saturated rings. The van der Waals surface area contributed by atoms with Crippen LogP contribution in [0.25, 0.3) is 0 Å². The number of carbonyl (C=O) groups is 1. The molecule has 1 saturated heterocycles. The van der Waals surface area contributed by atoms with Gasteiger partial charge in [-0.15, -0.1) is 0 Å². The molecular formula is C15H18F4N2O3S. The van der Waals surface area contributed by atoms with Crippen LogP contribution in [0.1, 0.15) is 24.0 Å². The first kappa shape index (κ1) is 19.6. The largest absolute Gasteiger partial charge is 0.416 e. The van der Waals surface area contributed by atoms with Crippen LogP contribution in [0.15, 0.2) is 18.2 Å². The van der Waals surface area contributed by atoms with Gasteiger partial charge in [-0.3, -0.25) is 4.79 Å². The molecule has 1 N–H and O–H groups in total. The van der Waals surface area contributed by atoms with Crippen LogP contribution in [0.4, 0.5) is 17.6 Å². The third-order valence-corrected chi connectivity index (χ3v) is 5.32. The summed E-state index contributed by atoms with van der Waals surface area (Å²) in [5.41, 5.74) is -1.40. The third-order valence-electron chi connectivity index (χ3n) is 4.05. The highest BCUT2D eigenvalue weighted by Crippen LogP contribution is 2.32. The van der Waals surface area contributed by atoms with E-state index in [1.54, 1.807) is 0 Å². The van der Waals surface area contributed by atoms with Gasteiger partial charge in [0.2, 0.25) is 15.9 Å². The minimum atomic E-state index is -4.74. The number of halogens is 4. The van der Waals surface area contributed by atoms with Crippen molar-refractivity contribution in [3.05, 3.63) is 35.1 Å². The molecule has 1 aromatic rings. The summed E-state index contributed by atoms with van der Waals surface area (Å²) in [6.07, 6.45) is -2.75. The fourth-order valence-corrected chi connectivity index (χ4v) is 3.66. The maximum atomic E-state index is 13.1. The molecule has 1 aromatic carbocycles. The molecule has 25 heavy (non-hydrogen) atoms. The Labute approximate surface area is 143 Å². The molecule has 2 rings (SSSR count). The van der Waals surface area contributed by atoms with E-state index in [0.29, 0.717) is 25.5 Å². The Morgan fingerprint density at radius 3 is 2.64 bits per heavy atom. The van der Waals surface area contributed by atoms with Crippen molar-refractivity contribution in [1.82, 2.24) is 9.62 Å². The average Bonchev–Trinajstić information content (AvgIpc) is 2.52. The molecule has 0 aliphatic carbocycles. The summed E-state index contributed by atoms with van der Waals surface area (Å²) in [4.78, 5) is 12.2. The fourth-order valence-electron chi connectivity index (χ4n) is 2.75. The molecule has 0 bridgehead atoms. The maximum Gasteiger partial charge on any atom is 0.416 e. The summed E-state index contributed by atoms with van der Waals surface area (Å²) in [7, 11) is -3.43. The van der Waals surface area contributed by atoms with E-state index in [1.165, 1.54) is 4.31 Å². The van der Waals surface area contributed by atoms with Crippen molar-refractivity contribution >= 4 is 15.9 Å². The minimum Gasteiger partial charge on any atom is -0.352 e. The first-order valence-electron chi connectivity index (χ1n) is 7.57. The van der Waals surface area contributed by atoms with E-state index in [0.717, 1.165) is 18.4 Å².